The molecule has 0 atom stereocenters. The fourth-order valence-corrected chi connectivity index (χ4v) is 1.49. The molecule has 0 unspecified atom stereocenters. The van der Waals surface area contributed by atoms with E-state index in [0.717, 1.165) is 6.07 Å². The maximum atomic E-state index is 13.4. The van der Waals surface area contributed by atoms with Gasteiger partial charge in [0.25, 0.3) is 0 Å². The Morgan fingerprint density at radius 2 is 1.88 bits per heavy atom. The molecule has 1 heterocycles. The topological polar surface area (TPSA) is 36.7 Å². The van der Waals surface area contributed by atoms with Gasteiger partial charge in [-0.05, 0) is 19.1 Å². The van der Waals surface area contributed by atoms with Crippen molar-refractivity contribution in [1.29, 1.82) is 5.26 Å². The number of nitriles is 1. The zero-order valence-electron chi connectivity index (χ0n) is 8.18. The zero-order chi connectivity index (χ0) is 11.9. The third-order valence-corrected chi connectivity index (χ3v) is 2.19. The zero-order valence-corrected chi connectivity index (χ0v) is 8.18. The minimum absolute atomic E-state index is 0.0236. The summed E-state index contributed by atoms with van der Waals surface area (Å²) in [5.74, 6) is -4.27. The van der Waals surface area contributed by atoms with Crippen LogP contribution >= 0.6 is 0 Å². The summed E-state index contributed by atoms with van der Waals surface area (Å²) < 4.78 is 39.3. The number of hydrogen-bond acceptors (Lipinski definition) is 2. The summed E-state index contributed by atoms with van der Waals surface area (Å²) in [7, 11) is 0. The average molecular weight is 222 g/mol. The lowest BCUT2D eigenvalue weighted by molar-refractivity contribution is 0.452. The van der Waals surface area contributed by atoms with Crippen molar-refractivity contribution in [3.8, 4) is 6.07 Å². The molecule has 0 saturated carbocycles. The number of pyridine rings is 1. The van der Waals surface area contributed by atoms with Gasteiger partial charge in [0.2, 0.25) is 0 Å². The van der Waals surface area contributed by atoms with Crippen LogP contribution in [0.3, 0.4) is 0 Å². The molecule has 0 spiro atoms. The van der Waals surface area contributed by atoms with Crippen LogP contribution in [-0.2, 0) is 0 Å². The van der Waals surface area contributed by atoms with Gasteiger partial charge in [-0.2, -0.15) is 5.26 Å². The van der Waals surface area contributed by atoms with Crippen LogP contribution in [0, 0.1) is 35.7 Å². The molecule has 0 radical (unpaired) electrons. The minimum atomic E-state index is -1.57. The normalized spacial score (nSPS) is 10.4. The van der Waals surface area contributed by atoms with Crippen molar-refractivity contribution in [3.63, 3.8) is 0 Å². The van der Waals surface area contributed by atoms with Crippen molar-refractivity contribution in [2.24, 2.45) is 0 Å². The monoisotopic (exact) mass is 222 g/mol. The van der Waals surface area contributed by atoms with Crippen molar-refractivity contribution < 1.29 is 13.2 Å². The van der Waals surface area contributed by atoms with Crippen molar-refractivity contribution >= 4 is 10.9 Å². The van der Waals surface area contributed by atoms with Gasteiger partial charge >= 0.3 is 0 Å². The second kappa shape index (κ2) is 3.49. The van der Waals surface area contributed by atoms with Crippen molar-refractivity contribution in [1.82, 2.24) is 4.98 Å². The average Bonchev–Trinajstić information content (AvgIpc) is 2.26. The van der Waals surface area contributed by atoms with Crippen LogP contribution in [0.15, 0.2) is 12.1 Å². The van der Waals surface area contributed by atoms with E-state index < -0.39 is 17.5 Å². The van der Waals surface area contributed by atoms with Gasteiger partial charge in [-0.1, -0.05) is 0 Å². The molecule has 0 aliphatic carbocycles. The quantitative estimate of drug-likeness (QED) is 0.642. The lowest BCUT2D eigenvalue weighted by Gasteiger charge is -2.04. The van der Waals surface area contributed by atoms with E-state index >= 15 is 0 Å². The van der Waals surface area contributed by atoms with E-state index in [4.69, 9.17) is 5.26 Å². The highest BCUT2D eigenvalue weighted by Gasteiger charge is 2.17. The van der Waals surface area contributed by atoms with Crippen LogP contribution in [0.4, 0.5) is 13.2 Å². The first-order valence-electron chi connectivity index (χ1n) is 4.39. The van der Waals surface area contributed by atoms with Crippen molar-refractivity contribution in [3.05, 3.63) is 40.8 Å². The van der Waals surface area contributed by atoms with Crippen molar-refractivity contribution in [2.45, 2.75) is 6.92 Å². The highest BCUT2D eigenvalue weighted by molar-refractivity contribution is 5.85. The van der Waals surface area contributed by atoms with Crippen LogP contribution < -0.4 is 0 Å². The molecular formula is C11H5F3N2. The van der Waals surface area contributed by atoms with E-state index in [-0.39, 0.29) is 16.5 Å². The molecule has 80 valence electrons. The molecule has 0 N–H and O–H groups in total. The Kier molecular flexibility index (Phi) is 2.27. The molecule has 16 heavy (non-hydrogen) atoms. The second-order valence-electron chi connectivity index (χ2n) is 3.31. The number of halogens is 3. The molecular weight excluding hydrogens is 217 g/mol. The number of nitrogens with zero attached hydrogens (tertiary/aromatic N) is 2. The highest BCUT2D eigenvalue weighted by atomic mass is 19.2. The first-order chi connectivity index (χ1) is 7.54. The lowest BCUT2D eigenvalue weighted by Crippen LogP contribution is -1.97. The maximum absolute atomic E-state index is 13.4. The van der Waals surface area contributed by atoms with Gasteiger partial charge in [0.1, 0.15) is 5.52 Å². The van der Waals surface area contributed by atoms with Crippen LogP contribution in [0.25, 0.3) is 10.9 Å². The summed E-state index contributed by atoms with van der Waals surface area (Å²) in [6, 6.07) is 3.95. The predicted octanol–water partition coefficient (Wildman–Crippen LogP) is 2.83. The van der Waals surface area contributed by atoms with Gasteiger partial charge in [-0.25, -0.2) is 18.2 Å². The summed E-state index contributed by atoms with van der Waals surface area (Å²) >= 11 is 0. The third kappa shape index (κ3) is 1.39. The minimum Gasteiger partial charge on any atom is -0.250 e. The number of fused-ring (bicyclic) bond motifs is 1. The smallest absolute Gasteiger partial charge is 0.196 e. The Morgan fingerprint density at radius 3 is 2.50 bits per heavy atom. The third-order valence-electron chi connectivity index (χ3n) is 2.19. The molecule has 5 heteroatoms. The summed E-state index contributed by atoms with van der Waals surface area (Å²) in [6.07, 6.45) is 0. The van der Waals surface area contributed by atoms with E-state index in [0.29, 0.717) is 5.69 Å². The van der Waals surface area contributed by atoms with E-state index in [1.54, 1.807) is 13.0 Å². The molecule has 0 aliphatic heterocycles. The second-order valence-corrected chi connectivity index (χ2v) is 3.31. The summed E-state index contributed by atoms with van der Waals surface area (Å²) in [4.78, 5) is 3.75. The maximum Gasteiger partial charge on any atom is 0.196 e. The van der Waals surface area contributed by atoms with E-state index in [2.05, 4.69) is 4.98 Å². The predicted molar refractivity (Wildman–Crippen MR) is 51.1 cm³/mol. The molecule has 2 rings (SSSR count). The molecule has 0 fully saturated rings. The Bertz CT molecular complexity index is 629. The van der Waals surface area contributed by atoms with Crippen molar-refractivity contribution in [2.75, 3.05) is 0 Å². The molecule has 0 bridgehead atoms. The molecule has 0 saturated heterocycles. The van der Waals surface area contributed by atoms with E-state index in [9.17, 15) is 13.2 Å². The van der Waals surface area contributed by atoms with Gasteiger partial charge in [-0.3, -0.25) is 0 Å². The van der Waals surface area contributed by atoms with Crippen LogP contribution in [0.5, 0.6) is 0 Å². The Hall–Kier alpha value is -2.09. The SMILES string of the molecule is Cc1cc(C#N)c2cc(F)c(F)c(F)c2n1. The summed E-state index contributed by atoms with van der Waals surface area (Å²) in [5.41, 5.74) is 0.115. The number of aryl methyl sites for hydroxylation is 1. The lowest BCUT2D eigenvalue weighted by atomic mass is 10.1. The van der Waals surface area contributed by atoms with Gasteiger partial charge in [0, 0.05) is 11.1 Å². The van der Waals surface area contributed by atoms with E-state index in [1.807, 2.05) is 0 Å². The summed E-state index contributed by atoms with van der Waals surface area (Å²) in [6.45, 7) is 1.54. The summed E-state index contributed by atoms with van der Waals surface area (Å²) in [5, 5.41) is 8.77. The molecule has 2 nitrogen and oxygen atoms in total. The molecule has 0 aliphatic rings. The largest absolute Gasteiger partial charge is 0.250 e. The first-order valence-corrected chi connectivity index (χ1v) is 4.39. The molecule has 1 aromatic heterocycles. The first kappa shape index (κ1) is 10.4. The van der Waals surface area contributed by atoms with Gasteiger partial charge in [0.15, 0.2) is 17.5 Å². The standard InChI is InChI=1S/C11H5F3N2/c1-5-2-6(4-15)7-3-8(12)9(13)10(14)11(7)16-5/h2-3H,1H3. The van der Waals surface area contributed by atoms with Crippen LogP contribution in [0.1, 0.15) is 11.3 Å². The molecule has 2 aromatic rings. The Balaban J connectivity index is 3.02. The Labute approximate surface area is 89.0 Å². The Morgan fingerprint density at radius 1 is 1.19 bits per heavy atom. The number of aromatic nitrogens is 1. The number of benzene rings is 1. The van der Waals surface area contributed by atoms with Crippen LogP contribution in [-0.4, -0.2) is 4.98 Å². The van der Waals surface area contributed by atoms with Gasteiger partial charge < -0.3 is 0 Å². The number of rotatable bonds is 0. The fourth-order valence-electron chi connectivity index (χ4n) is 1.49. The van der Waals surface area contributed by atoms with Gasteiger partial charge in [-0.15, -0.1) is 0 Å². The van der Waals surface area contributed by atoms with E-state index in [1.165, 1.54) is 6.07 Å². The highest BCUT2D eigenvalue weighted by Crippen LogP contribution is 2.24. The van der Waals surface area contributed by atoms with Crippen LogP contribution in [0.2, 0.25) is 0 Å². The fraction of sp³-hybridized carbons (Fsp3) is 0.0909. The molecule has 1 aromatic carbocycles. The molecule has 0 amide bonds. The van der Waals surface area contributed by atoms with Gasteiger partial charge in [0.05, 0.1) is 11.6 Å². The number of hydrogen-bond donors (Lipinski definition) is 0.